The Bertz CT molecular complexity index is 1300. The number of rotatable bonds is 4. The Labute approximate surface area is 200 Å². The fourth-order valence-electron chi connectivity index (χ4n) is 4.70. The topological polar surface area (TPSA) is 61.5 Å². The number of amides is 1. The van der Waals surface area contributed by atoms with Gasteiger partial charge in [-0.2, -0.15) is 0 Å². The predicted molar refractivity (Wildman–Crippen MR) is 137 cm³/mol. The Kier molecular flexibility index (Phi) is 5.84. The molecule has 0 bridgehead atoms. The molecule has 34 heavy (non-hydrogen) atoms. The van der Waals surface area contributed by atoms with Crippen molar-refractivity contribution in [1.82, 2.24) is 14.9 Å². The number of benzene rings is 2. The number of nitrogens with zero attached hydrogens (tertiary/aromatic N) is 3. The molecule has 1 saturated heterocycles. The van der Waals surface area contributed by atoms with Gasteiger partial charge in [0.25, 0.3) is 5.91 Å². The van der Waals surface area contributed by atoms with Gasteiger partial charge in [-0.1, -0.05) is 24.3 Å². The molecule has 174 valence electrons. The Balaban J connectivity index is 1.42. The Morgan fingerprint density at radius 2 is 1.62 bits per heavy atom. The lowest BCUT2D eigenvalue weighted by Crippen LogP contribution is -2.45. The predicted octanol–water partition coefficient (Wildman–Crippen LogP) is 5.21. The highest BCUT2D eigenvalue weighted by Gasteiger charge is 2.22. The molecular weight excluding hydrogens is 424 g/mol. The molecule has 0 saturated carbocycles. The molecule has 0 aliphatic carbocycles. The Morgan fingerprint density at radius 1 is 0.971 bits per heavy atom. The number of carbonyl (C=O) groups is 1. The Morgan fingerprint density at radius 3 is 2.26 bits per heavy atom. The van der Waals surface area contributed by atoms with Gasteiger partial charge in [-0.15, -0.1) is 0 Å². The van der Waals surface area contributed by atoms with Crippen molar-refractivity contribution in [2.75, 3.05) is 32.1 Å². The van der Waals surface area contributed by atoms with E-state index in [1.165, 1.54) is 5.69 Å². The molecule has 6 heteroatoms. The summed E-state index contributed by atoms with van der Waals surface area (Å²) in [7, 11) is 3.52. The molecule has 0 spiro atoms. The number of carbonyl (C=O) groups excluding carboxylic acids is 1. The third-order valence-corrected chi connectivity index (χ3v) is 6.37. The minimum absolute atomic E-state index is 0.00105. The number of pyridine rings is 1. The molecule has 1 aliphatic heterocycles. The molecule has 0 unspecified atom stereocenters. The van der Waals surface area contributed by atoms with Crippen LogP contribution in [0, 0.1) is 0 Å². The van der Waals surface area contributed by atoms with Gasteiger partial charge in [0.2, 0.25) is 0 Å². The van der Waals surface area contributed by atoms with Crippen LogP contribution in [0.15, 0.2) is 67.0 Å². The third kappa shape index (κ3) is 4.29. The van der Waals surface area contributed by atoms with Crippen LogP contribution in [0.1, 0.15) is 24.2 Å². The molecule has 1 fully saturated rings. The second-order valence-electron chi connectivity index (χ2n) is 9.31. The lowest BCUT2D eigenvalue weighted by Gasteiger charge is -2.36. The number of H-pyrrole nitrogens is 1. The monoisotopic (exact) mass is 454 g/mol. The van der Waals surface area contributed by atoms with Gasteiger partial charge in [0.15, 0.2) is 0 Å². The number of hydrogen-bond acceptors (Lipinski definition) is 4. The minimum atomic E-state index is -0.00105. The average molecular weight is 455 g/mol. The van der Waals surface area contributed by atoms with Crippen LogP contribution < -0.4 is 4.90 Å². The van der Waals surface area contributed by atoms with Gasteiger partial charge in [0, 0.05) is 67.3 Å². The Hall–Kier alpha value is -3.64. The number of aromatic nitrogens is 2. The fourth-order valence-corrected chi connectivity index (χ4v) is 4.70. The summed E-state index contributed by atoms with van der Waals surface area (Å²) in [4.78, 5) is 24.1. The van der Waals surface area contributed by atoms with E-state index in [1.54, 1.807) is 19.0 Å². The summed E-state index contributed by atoms with van der Waals surface area (Å²) in [5, 5.41) is 1.06. The fraction of sp³-hybridized carbons (Fsp3) is 0.286. The van der Waals surface area contributed by atoms with Crippen LogP contribution >= 0.6 is 0 Å². The number of anilines is 1. The number of aromatic amines is 1. The van der Waals surface area contributed by atoms with E-state index in [0.717, 1.165) is 46.4 Å². The SMILES string of the molecule is C[C@@H]1CN(c2ccc(-c3cnc4[nH]cc(-c5ccc(C(=O)N(C)C)cc5)c4c3)cc2)C[C@H](C)O1. The van der Waals surface area contributed by atoms with Crippen LogP contribution in [0.4, 0.5) is 5.69 Å². The van der Waals surface area contributed by atoms with Gasteiger partial charge in [-0.3, -0.25) is 4.79 Å². The van der Waals surface area contributed by atoms with E-state index >= 15 is 0 Å². The maximum absolute atomic E-state index is 12.2. The molecular formula is C28H30N4O2. The zero-order chi connectivity index (χ0) is 23.8. The van der Waals surface area contributed by atoms with E-state index in [1.807, 2.05) is 36.7 Å². The van der Waals surface area contributed by atoms with Gasteiger partial charge in [-0.05, 0) is 55.3 Å². The summed E-state index contributed by atoms with van der Waals surface area (Å²) in [5.41, 5.74) is 7.06. The van der Waals surface area contributed by atoms with E-state index in [0.29, 0.717) is 5.56 Å². The molecule has 2 aromatic carbocycles. The first kappa shape index (κ1) is 22.2. The van der Waals surface area contributed by atoms with E-state index in [-0.39, 0.29) is 18.1 Å². The van der Waals surface area contributed by atoms with Crippen molar-refractivity contribution >= 4 is 22.6 Å². The molecule has 3 heterocycles. The lowest BCUT2D eigenvalue weighted by molar-refractivity contribution is -0.00521. The molecule has 6 nitrogen and oxygen atoms in total. The normalized spacial score (nSPS) is 18.3. The van der Waals surface area contributed by atoms with Gasteiger partial charge < -0.3 is 19.5 Å². The summed E-state index contributed by atoms with van der Waals surface area (Å²) < 4.78 is 5.87. The van der Waals surface area contributed by atoms with Gasteiger partial charge in [-0.25, -0.2) is 4.98 Å². The van der Waals surface area contributed by atoms with Crippen LogP contribution in [0.3, 0.4) is 0 Å². The van der Waals surface area contributed by atoms with E-state index in [2.05, 4.69) is 59.0 Å². The quantitative estimate of drug-likeness (QED) is 0.460. The smallest absolute Gasteiger partial charge is 0.253 e. The molecule has 4 aromatic rings. The lowest BCUT2D eigenvalue weighted by atomic mass is 10.0. The average Bonchev–Trinajstić information content (AvgIpc) is 3.26. The maximum Gasteiger partial charge on any atom is 0.253 e. The van der Waals surface area contributed by atoms with E-state index < -0.39 is 0 Å². The summed E-state index contributed by atoms with van der Waals surface area (Å²) in [6.07, 6.45) is 4.36. The molecule has 2 atom stereocenters. The first-order chi connectivity index (χ1) is 16.4. The van der Waals surface area contributed by atoms with E-state index in [9.17, 15) is 4.79 Å². The molecule has 0 radical (unpaired) electrons. The van der Waals surface area contributed by atoms with Crippen molar-refractivity contribution in [2.24, 2.45) is 0 Å². The zero-order valence-electron chi connectivity index (χ0n) is 20.1. The molecule has 1 amide bonds. The molecule has 2 aromatic heterocycles. The zero-order valence-corrected chi connectivity index (χ0v) is 20.1. The van der Waals surface area contributed by atoms with Crippen LogP contribution in [-0.2, 0) is 4.74 Å². The van der Waals surface area contributed by atoms with Crippen molar-refractivity contribution < 1.29 is 9.53 Å². The number of nitrogens with one attached hydrogen (secondary N) is 1. The van der Waals surface area contributed by atoms with Crippen LogP contribution in [0.5, 0.6) is 0 Å². The second kappa shape index (κ2) is 8.95. The third-order valence-electron chi connectivity index (χ3n) is 6.37. The molecule has 1 N–H and O–H groups in total. The molecule has 1 aliphatic rings. The highest BCUT2D eigenvalue weighted by molar-refractivity contribution is 5.98. The van der Waals surface area contributed by atoms with Crippen molar-refractivity contribution in [2.45, 2.75) is 26.1 Å². The first-order valence-corrected chi connectivity index (χ1v) is 11.7. The maximum atomic E-state index is 12.2. The van der Waals surface area contributed by atoms with Gasteiger partial charge in [0.05, 0.1) is 12.2 Å². The summed E-state index contributed by atoms with van der Waals surface area (Å²) in [6.45, 7) is 6.06. The number of ether oxygens (including phenoxy) is 1. The summed E-state index contributed by atoms with van der Waals surface area (Å²) >= 11 is 0. The first-order valence-electron chi connectivity index (χ1n) is 11.7. The number of fused-ring (bicyclic) bond motifs is 1. The summed E-state index contributed by atoms with van der Waals surface area (Å²) in [6, 6.07) is 18.6. The standard InChI is InChI=1S/C28H30N4O2/c1-18-16-32(17-19(2)34-18)24-11-9-20(10-12-24)23-13-25-26(15-30-27(25)29-14-23)21-5-7-22(8-6-21)28(33)31(3)4/h5-15,18-19H,16-17H2,1-4H3,(H,29,30)/t18-,19+. The van der Waals surface area contributed by atoms with Crippen LogP contribution in [-0.4, -0.2) is 60.2 Å². The summed E-state index contributed by atoms with van der Waals surface area (Å²) in [5.74, 6) is -0.00105. The van der Waals surface area contributed by atoms with Crippen molar-refractivity contribution in [3.05, 3.63) is 72.6 Å². The van der Waals surface area contributed by atoms with Crippen LogP contribution in [0.2, 0.25) is 0 Å². The highest BCUT2D eigenvalue weighted by atomic mass is 16.5. The van der Waals surface area contributed by atoms with Crippen LogP contribution in [0.25, 0.3) is 33.3 Å². The van der Waals surface area contributed by atoms with Crippen molar-refractivity contribution in [3.63, 3.8) is 0 Å². The molecule has 5 rings (SSSR count). The second-order valence-corrected chi connectivity index (χ2v) is 9.31. The van der Waals surface area contributed by atoms with Crippen molar-refractivity contribution in [3.8, 4) is 22.3 Å². The number of morpholine rings is 1. The minimum Gasteiger partial charge on any atom is -0.372 e. The number of hydrogen-bond donors (Lipinski definition) is 1. The highest BCUT2D eigenvalue weighted by Crippen LogP contribution is 2.32. The van der Waals surface area contributed by atoms with Gasteiger partial charge in [0.1, 0.15) is 5.65 Å². The van der Waals surface area contributed by atoms with Gasteiger partial charge >= 0.3 is 0 Å². The van der Waals surface area contributed by atoms with Crippen molar-refractivity contribution in [1.29, 1.82) is 0 Å². The van der Waals surface area contributed by atoms with E-state index in [4.69, 9.17) is 4.74 Å². The largest absolute Gasteiger partial charge is 0.372 e.